The average Bonchev–Trinajstić information content (AvgIpc) is 3.71. The van der Waals surface area contributed by atoms with E-state index >= 15 is 0 Å². The molecule has 2 amide bonds. The van der Waals surface area contributed by atoms with Crippen LogP contribution in [0.5, 0.6) is 5.75 Å². The van der Waals surface area contributed by atoms with Gasteiger partial charge < -0.3 is 14.6 Å². The van der Waals surface area contributed by atoms with Crippen LogP contribution >= 0.6 is 11.3 Å². The van der Waals surface area contributed by atoms with Crippen LogP contribution in [0.4, 0.5) is 0 Å². The number of rotatable bonds is 9. The smallest absolute Gasteiger partial charge is 0.234 e. The number of ether oxygens (including phenoxy) is 2. The number of fused-ring (bicyclic) bond motifs is 3. The van der Waals surface area contributed by atoms with E-state index in [1.54, 1.807) is 24.6 Å². The largest absolute Gasteiger partial charge is 0.507 e. The quantitative estimate of drug-likeness (QED) is 0.247. The average molecular weight is 585 g/mol. The van der Waals surface area contributed by atoms with Gasteiger partial charge >= 0.3 is 0 Å². The first-order chi connectivity index (χ1) is 20.4. The Morgan fingerprint density at radius 2 is 1.95 bits per heavy atom. The summed E-state index contributed by atoms with van der Waals surface area (Å²) in [4.78, 5) is 34.3. The maximum Gasteiger partial charge on any atom is 0.234 e. The second-order valence-corrected chi connectivity index (χ2v) is 12.6. The van der Waals surface area contributed by atoms with E-state index in [0.29, 0.717) is 38.3 Å². The van der Waals surface area contributed by atoms with E-state index in [9.17, 15) is 14.7 Å². The summed E-state index contributed by atoms with van der Waals surface area (Å²) < 4.78 is 12.0. The molecule has 2 aromatic heterocycles. The summed E-state index contributed by atoms with van der Waals surface area (Å²) in [7, 11) is 1.67. The molecule has 0 saturated carbocycles. The van der Waals surface area contributed by atoms with Crippen LogP contribution in [-0.4, -0.2) is 53.2 Å². The summed E-state index contributed by atoms with van der Waals surface area (Å²) in [5, 5.41) is 12.2. The number of aryl methyl sites for hydroxylation is 2. The van der Waals surface area contributed by atoms with E-state index in [0.717, 1.165) is 50.4 Å². The summed E-state index contributed by atoms with van der Waals surface area (Å²) >= 11 is 1.56. The lowest BCUT2D eigenvalue weighted by atomic mass is 9.69. The van der Waals surface area contributed by atoms with E-state index in [-0.39, 0.29) is 35.7 Å². The van der Waals surface area contributed by atoms with Gasteiger partial charge in [-0.15, -0.1) is 11.3 Å². The zero-order valence-corrected chi connectivity index (χ0v) is 25.0. The van der Waals surface area contributed by atoms with Gasteiger partial charge in [0.1, 0.15) is 5.75 Å². The van der Waals surface area contributed by atoms with E-state index < -0.39 is 0 Å². The molecule has 3 aliphatic rings. The Labute approximate surface area is 250 Å². The number of allylic oxidation sites excluding steroid dienone is 1. The van der Waals surface area contributed by atoms with Crippen LogP contribution in [0.15, 0.2) is 65.2 Å². The number of phenols is 1. The van der Waals surface area contributed by atoms with Gasteiger partial charge in [-0.25, -0.2) is 0 Å². The Balaban J connectivity index is 1.27. The van der Waals surface area contributed by atoms with Crippen molar-refractivity contribution in [1.82, 2.24) is 9.88 Å². The fraction of sp³-hybridized carbons (Fsp3) is 0.382. The third-order valence-electron chi connectivity index (χ3n) is 8.84. The maximum atomic E-state index is 13.7. The van der Waals surface area contributed by atoms with Crippen molar-refractivity contribution < 1.29 is 24.2 Å². The van der Waals surface area contributed by atoms with E-state index in [2.05, 4.69) is 11.1 Å². The Morgan fingerprint density at radius 1 is 1.14 bits per heavy atom. The Morgan fingerprint density at radius 3 is 2.64 bits per heavy atom. The molecule has 1 aromatic carbocycles. The predicted octanol–water partition coefficient (Wildman–Crippen LogP) is 5.95. The molecule has 2 fully saturated rings. The molecule has 2 saturated heterocycles. The number of thiophene rings is 1. The number of pyridine rings is 1. The van der Waals surface area contributed by atoms with Crippen molar-refractivity contribution in [3.05, 3.63) is 92.4 Å². The highest BCUT2D eigenvalue weighted by Crippen LogP contribution is 2.50. The number of aromatic hydroxyl groups is 1. The number of aromatic nitrogens is 1. The van der Waals surface area contributed by atoms with E-state index in [4.69, 9.17) is 9.47 Å². The SMILES string of the molecule is COCC1=C2[C@@H](CC/C(=C/c3cc(C)c(O)c(C)c3)c3ccccn3)OC[C@@H]2[C@@H]2C(=O)N(Cc3cccs3)C(=O)[C@@H]2C1. The lowest BCUT2D eigenvalue weighted by Gasteiger charge is -2.31. The summed E-state index contributed by atoms with van der Waals surface area (Å²) in [6.07, 6.45) is 5.73. The number of nitrogens with zero attached hydrogens (tertiary/aromatic N) is 2. The highest BCUT2D eigenvalue weighted by Gasteiger charge is 2.56. The van der Waals surface area contributed by atoms with Crippen molar-refractivity contribution in [3.8, 4) is 5.75 Å². The Kier molecular flexibility index (Phi) is 8.12. The normalized spacial score (nSPS) is 24.0. The minimum absolute atomic E-state index is 0.0747. The molecule has 218 valence electrons. The molecule has 1 N–H and O–H groups in total. The topological polar surface area (TPSA) is 89.0 Å². The van der Waals surface area contributed by atoms with Crippen LogP contribution < -0.4 is 0 Å². The number of phenolic OH excluding ortho intramolecular Hbond substituents is 1. The van der Waals surface area contributed by atoms with Gasteiger partial charge in [-0.3, -0.25) is 19.5 Å². The highest BCUT2D eigenvalue weighted by molar-refractivity contribution is 7.09. The standard InChI is InChI=1S/C34H36N2O5S/c1-20-13-22(14-21(2)32(20)37)15-23(28-8-4-5-11-35-28)9-10-29-30-24(18-40-3)16-26-31(27(30)19-41-29)34(39)36(33(26)38)17-25-7-6-12-42-25/h4-8,11-15,26-27,29,31,37H,9-10,16-19H2,1-3H3/b23-15-/t26-,27+,29-,31-/m1/s1. The highest BCUT2D eigenvalue weighted by atomic mass is 32.1. The molecule has 3 aromatic rings. The molecular weight excluding hydrogens is 548 g/mol. The van der Waals surface area contributed by atoms with Crippen LogP contribution in [-0.2, 0) is 25.6 Å². The first kappa shape index (κ1) is 28.5. The predicted molar refractivity (Wildman–Crippen MR) is 163 cm³/mol. The van der Waals surface area contributed by atoms with E-state index in [1.165, 1.54) is 4.90 Å². The second kappa shape index (κ2) is 12.0. The van der Waals surface area contributed by atoms with Gasteiger partial charge in [-0.05, 0) is 108 Å². The molecule has 7 nitrogen and oxygen atoms in total. The summed E-state index contributed by atoms with van der Waals surface area (Å²) in [5.41, 5.74) is 6.88. The summed E-state index contributed by atoms with van der Waals surface area (Å²) in [6.45, 7) is 5.00. The maximum absolute atomic E-state index is 13.7. The number of carbonyl (C=O) groups excluding carboxylic acids is 2. The van der Waals surface area contributed by atoms with Gasteiger partial charge in [0.05, 0.1) is 43.4 Å². The van der Waals surface area contributed by atoms with Crippen LogP contribution in [0.25, 0.3) is 11.6 Å². The van der Waals surface area contributed by atoms with E-state index in [1.807, 2.05) is 61.7 Å². The van der Waals surface area contributed by atoms with Crippen molar-refractivity contribution in [3.63, 3.8) is 0 Å². The van der Waals surface area contributed by atoms with Crippen molar-refractivity contribution >= 4 is 34.8 Å². The van der Waals surface area contributed by atoms with Crippen molar-refractivity contribution in [2.24, 2.45) is 17.8 Å². The van der Waals surface area contributed by atoms with Crippen molar-refractivity contribution in [1.29, 1.82) is 0 Å². The molecular formula is C34H36N2O5S. The molecule has 0 radical (unpaired) electrons. The first-order valence-electron chi connectivity index (χ1n) is 14.5. The number of carbonyl (C=O) groups is 2. The third kappa shape index (κ3) is 5.35. The Hall–Kier alpha value is -3.59. The number of benzene rings is 1. The molecule has 8 heteroatoms. The van der Waals surface area contributed by atoms with Gasteiger partial charge in [-0.2, -0.15) is 0 Å². The monoisotopic (exact) mass is 584 g/mol. The molecule has 0 bridgehead atoms. The number of hydrogen-bond donors (Lipinski definition) is 1. The molecule has 42 heavy (non-hydrogen) atoms. The fourth-order valence-corrected chi connectivity index (χ4v) is 7.64. The lowest BCUT2D eigenvalue weighted by molar-refractivity contribution is -0.140. The van der Waals surface area contributed by atoms with Crippen molar-refractivity contribution in [2.45, 2.75) is 45.8 Å². The van der Waals surface area contributed by atoms with Gasteiger partial charge in [0, 0.05) is 24.1 Å². The molecule has 4 atom stereocenters. The van der Waals surface area contributed by atoms with Crippen molar-refractivity contribution in [2.75, 3.05) is 20.3 Å². The molecule has 6 rings (SSSR count). The summed E-state index contributed by atoms with van der Waals surface area (Å²) in [5.74, 6) is -0.689. The second-order valence-electron chi connectivity index (χ2n) is 11.5. The van der Waals surface area contributed by atoms with Crippen LogP contribution in [0, 0.1) is 31.6 Å². The number of amides is 2. The lowest BCUT2D eigenvalue weighted by Crippen LogP contribution is -2.35. The minimum Gasteiger partial charge on any atom is -0.507 e. The molecule has 0 unspecified atom stereocenters. The molecule has 4 heterocycles. The van der Waals surface area contributed by atoms with Crippen LogP contribution in [0.1, 0.15) is 46.5 Å². The molecule has 1 aliphatic carbocycles. The Bertz CT molecular complexity index is 1520. The molecule has 2 aliphatic heterocycles. The third-order valence-corrected chi connectivity index (χ3v) is 9.70. The van der Waals surface area contributed by atoms with Gasteiger partial charge in [-0.1, -0.05) is 12.1 Å². The zero-order chi connectivity index (χ0) is 29.4. The number of likely N-dealkylation sites (tertiary alicyclic amines) is 1. The first-order valence-corrected chi connectivity index (χ1v) is 15.4. The van der Waals surface area contributed by atoms with Crippen LogP contribution in [0.3, 0.4) is 0 Å². The number of methoxy groups -OCH3 is 1. The fourth-order valence-electron chi connectivity index (χ4n) is 6.95. The van der Waals surface area contributed by atoms with Crippen LogP contribution in [0.2, 0.25) is 0 Å². The zero-order valence-electron chi connectivity index (χ0n) is 24.2. The van der Waals surface area contributed by atoms with Gasteiger partial charge in [0.2, 0.25) is 11.8 Å². The molecule has 0 spiro atoms. The minimum atomic E-state index is -0.383. The summed E-state index contributed by atoms with van der Waals surface area (Å²) in [6, 6.07) is 13.8. The number of hydrogen-bond acceptors (Lipinski definition) is 7. The number of imide groups is 1. The van der Waals surface area contributed by atoms with Gasteiger partial charge in [0.25, 0.3) is 0 Å². The van der Waals surface area contributed by atoms with Gasteiger partial charge in [0.15, 0.2) is 0 Å².